The van der Waals surface area contributed by atoms with Crippen LogP contribution in [0.25, 0.3) is 0 Å². The van der Waals surface area contributed by atoms with Crippen LogP contribution in [0.4, 0.5) is 0 Å². The van der Waals surface area contributed by atoms with Gasteiger partial charge in [-0.1, -0.05) is 43.7 Å². The Morgan fingerprint density at radius 3 is 2.65 bits per heavy atom. The van der Waals surface area contributed by atoms with Crippen LogP contribution in [0.5, 0.6) is 0 Å². The predicted molar refractivity (Wildman–Crippen MR) is 69.8 cm³/mol. The lowest BCUT2D eigenvalue weighted by atomic mass is 9.96. The lowest BCUT2D eigenvalue weighted by molar-refractivity contribution is 0.538. The summed E-state index contributed by atoms with van der Waals surface area (Å²) in [4.78, 5) is 8.73. The van der Waals surface area contributed by atoms with Crippen molar-refractivity contribution in [2.45, 2.75) is 35.6 Å². The van der Waals surface area contributed by atoms with Crippen LogP contribution >= 0.6 is 34.7 Å². The minimum absolute atomic E-state index is 0.124. The standard InChI is InChI=1S/C10H11ClN4S2/c1-10(2,3)8-13-6(11)4-7(14-8)17-9-15-12-5-16-9/h4-5H,1-3H3. The zero-order valence-corrected chi connectivity index (χ0v) is 12.0. The van der Waals surface area contributed by atoms with Crippen LogP contribution < -0.4 is 0 Å². The third-order valence-electron chi connectivity index (χ3n) is 1.87. The molecule has 0 N–H and O–H groups in total. The van der Waals surface area contributed by atoms with Crippen molar-refractivity contribution in [3.05, 3.63) is 22.6 Å². The highest BCUT2D eigenvalue weighted by atomic mass is 35.5. The Kier molecular flexibility index (Phi) is 3.65. The summed E-state index contributed by atoms with van der Waals surface area (Å²) in [6.45, 7) is 6.16. The van der Waals surface area contributed by atoms with Gasteiger partial charge >= 0.3 is 0 Å². The molecule has 90 valence electrons. The highest BCUT2D eigenvalue weighted by Crippen LogP contribution is 2.30. The van der Waals surface area contributed by atoms with Gasteiger partial charge in [0.2, 0.25) is 0 Å². The molecule has 0 aliphatic rings. The third kappa shape index (κ3) is 3.37. The molecule has 0 radical (unpaired) electrons. The molecule has 0 amide bonds. The predicted octanol–water partition coefficient (Wildman–Crippen LogP) is 3.43. The first kappa shape index (κ1) is 12.7. The molecule has 0 aromatic carbocycles. The topological polar surface area (TPSA) is 51.6 Å². The van der Waals surface area contributed by atoms with Crippen molar-refractivity contribution in [3.8, 4) is 0 Å². The van der Waals surface area contributed by atoms with Crippen LogP contribution in [0.15, 0.2) is 20.9 Å². The molecule has 0 aliphatic heterocycles. The monoisotopic (exact) mass is 286 g/mol. The summed E-state index contributed by atoms with van der Waals surface area (Å²) in [6.07, 6.45) is 0. The first-order valence-corrected chi connectivity index (χ1v) is 7.01. The fourth-order valence-electron chi connectivity index (χ4n) is 1.08. The van der Waals surface area contributed by atoms with Gasteiger partial charge in [-0.05, 0) is 11.8 Å². The van der Waals surface area contributed by atoms with Gasteiger partial charge in [-0.2, -0.15) is 0 Å². The van der Waals surface area contributed by atoms with E-state index in [1.807, 2.05) is 0 Å². The Balaban J connectivity index is 2.32. The quantitative estimate of drug-likeness (QED) is 0.792. The SMILES string of the molecule is CC(C)(C)c1nc(Cl)cc(Sc2nncs2)n1. The number of halogens is 1. The number of aromatic nitrogens is 4. The van der Waals surface area contributed by atoms with E-state index in [-0.39, 0.29) is 5.41 Å². The molecule has 4 nitrogen and oxygen atoms in total. The van der Waals surface area contributed by atoms with E-state index in [1.54, 1.807) is 11.6 Å². The average molecular weight is 287 g/mol. The van der Waals surface area contributed by atoms with Crippen LogP contribution in [0.3, 0.4) is 0 Å². The Morgan fingerprint density at radius 2 is 2.06 bits per heavy atom. The van der Waals surface area contributed by atoms with E-state index in [4.69, 9.17) is 11.6 Å². The third-order valence-corrected chi connectivity index (χ3v) is 3.76. The van der Waals surface area contributed by atoms with Gasteiger partial charge in [-0.3, -0.25) is 0 Å². The molecule has 0 aliphatic carbocycles. The van der Waals surface area contributed by atoms with E-state index in [0.29, 0.717) is 5.15 Å². The van der Waals surface area contributed by atoms with Crippen LogP contribution in [0, 0.1) is 0 Å². The maximum atomic E-state index is 6.00. The highest BCUT2D eigenvalue weighted by molar-refractivity contribution is 8.00. The Morgan fingerprint density at radius 1 is 1.29 bits per heavy atom. The fourth-order valence-corrected chi connectivity index (χ4v) is 2.76. The van der Waals surface area contributed by atoms with E-state index >= 15 is 0 Å². The van der Waals surface area contributed by atoms with Crippen molar-refractivity contribution in [2.24, 2.45) is 0 Å². The van der Waals surface area contributed by atoms with Gasteiger partial charge in [0.1, 0.15) is 21.5 Å². The minimum Gasteiger partial charge on any atom is -0.225 e. The molecule has 2 aromatic rings. The van der Waals surface area contributed by atoms with Gasteiger partial charge < -0.3 is 0 Å². The molecule has 7 heteroatoms. The largest absolute Gasteiger partial charge is 0.225 e. The second-order valence-corrected chi connectivity index (χ2v) is 6.90. The summed E-state index contributed by atoms with van der Waals surface area (Å²) < 4.78 is 0.847. The minimum atomic E-state index is -0.124. The Hall–Kier alpha value is -0.720. The number of rotatable bonds is 2. The van der Waals surface area contributed by atoms with Crippen molar-refractivity contribution >= 4 is 34.7 Å². The Bertz CT molecular complexity index is 508. The van der Waals surface area contributed by atoms with Crippen LogP contribution in [0.1, 0.15) is 26.6 Å². The van der Waals surface area contributed by atoms with E-state index in [1.165, 1.54) is 23.1 Å². The molecule has 2 heterocycles. The van der Waals surface area contributed by atoms with E-state index < -0.39 is 0 Å². The molecular weight excluding hydrogens is 276 g/mol. The summed E-state index contributed by atoms with van der Waals surface area (Å²) in [5, 5.41) is 9.00. The number of hydrogen-bond donors (Lipinski definition) is 0. The number of nitrogens with zero attached hydrogens (tertiary/aromatic N) is 4. The highest BCUT2D eigenvalue weighted by Gasteiger charge is 2.19. The van der Waals surface area contributed by atoms with Crippen molar-refractivity contribution in [3.63, 3.8) is 0 Å². The molecule has 0 atom stereocenters. The summed E-state index contributed by atoms with van der Waals surface area (Å²) >= 11 is 8.92. The molecular formula is C10H11ClN4S2. The first-order valence-electron chi connectivity index (χ1n) is 4.94. The molecule has 0 saturated heterocycles. The second kappa shape index (κ2) is 4.88. The lowest BCUT2D eigenvalue weighted by Crippen LogP contribution is -2.16. The van der Waals surface area contributed by atoms with Gasteiger partial charge in [0, 0.05) is 11.5 Å². The molecule has 0 spiro atoms. The lowest BCUT2D eigenvalue weighted by Gasteiger charge is -2.16. The maximum Gasteiger partial charge on any atom is 0.180 e. The number of hydrogen-bond acceptors (Lipinski definition) is 6. The van der Waals surface area contributed by atoms with Gasteiger partial charge in [0.05, 0.1) is 0 Å². The molecule has 0 fully saturated rings. The fraction of sp³-hybridized carbons (Fsp3) is 0.400. The Labute approximate surface area is 113 Å². The smallest absolute Gasteiger partial charge is 0.180 e. The summed E-state index contributed by atoms with van der Waals surface area (Å²) in [5.41, 5.74) is 1.57. The van der Waals surface area contributed by atoms with Gasteiger partial charge in [0.15, 0.2) is 4.34 Å². The molecule has 2 rings (SSSR count). The first-order chi connectivity index (χ1) is 7.95. The van der Waals surface area contributed by atoms with Gasteiger partial charge in [0.25, 0.3) is 0 Å². The van der Waals surface area contributed by atoms with Crippen molar-refractivity contribution in [1.29, 1.82) is 0 Å². The summed E-state index contributed by atoms with van der Waals surface area (Å²) in [5.74, 6) is 0.733. The normalized spacial score (nSPS) is 11.8. The molecule has 0 bridgehead atoms. The molecule has 0 unspecified atom stereocenters. The van der Waals surface area contributed by atoms with Crippen LogP contribution in [-0.4, -0.2) is 20.2 Å². The average Bonchev–Trinajstić information content (AvgIpc) is 2.68. The van der Waals surface area contributed by atoms with Gasteiger partial charge in [-0.15, -0.1) is 10.2 Å². The molecule has 17 heavy (non-hydrogen) atoms. The van der Waals surface area contributed by atoms with E-state index in [2.05, 4.69) is 40.9 Å². The van der Waals surface area contributed by atoms with Crippen molar-refractivity contribution in [2.75, 3.05) is 0 Å². The second-order valence-electron chi connectivity index (χ2n) is 4.41. The van der Waals surface area contributed by atoms with Crippen LogP contribution in [0.2, 0.25) is 5.15 Å². The van der Waals surface area contributed by atoms with Gasteiger partial charge in [-0.25, -0.2) is 9.97 Å². The maximum absolute atomic E-state index is 6.00. The van der Waals surface area contributed by atoms with Crippen molar-refractivity contribution in [1.82, 2.24) is 20.2 Å². The molecule has 0 saturated carbocycles. The summed E-state index contributed by atoms with van der Waals surface area (Å²) in [7, 11) is 0. The summed E-state index contributed by atoms with van der Waals surface area (Å²) in [6, 6.07) is 1.74. The van der Waals surface area contributed by atoms with Crippen LogP contribution in [-0.2, 0) is 5.41 Å². The molecule has 2 aromatic heterocycles. The van der Waals surface area contributed by atoms with E-state index in [0.717, 1.165) is 15.2 Å². The van der Waals surface area contributed by atoms with Crippen molar-refractivity contribution < 1.29 is 0 Å². The zero-order valence-electron chi connectivity index (χ0n) is 9.64. The zero-order chi connectivity index (χ0) is 12.5. The van der Waals surface area contributed by atoms with E-state index in [9.17, 15) is 0 Å².